The summed E-state index contributed by atoms with van der Waals surface area (Å²) >= 11 is 0. The third-order valence-electron chi connectivity index (χ3n) is 3.18. The molecule has 1 aliphatic rings. The molecule has 0 unspecified atom stereocenters. The Morgan fingerprint density at radius 2 is 2.06 bits per heavy atom. The Bertz CT molecular complexity index is 348. The summed E-state index contributed by atoms with van der Waals surface area (Å²) in [4.78, 5) is 0. The molecular weight excluding hydrogens is 200 g/mol. The second-order valence-corrected chi connectivity index (χ2v) is 5.48. The lowest BCUT2D eigenvalue weighted by Crippen LogP contribution is -2.32. The molecule has 1 aliphatic heterocycles. The predicted octanol–water partition coefficient (Wildman–Crippen LogP) is 1.67. The van der Waals surface area contributed by atoms with Crippen LogP contribution in [0.5, 0.6) is 0 Å². The number of fused-ring (bicyclic) bond motifs is 1. The highest BCUT2D eigenvalue weighted by atomic mass is 15.3. The lowest BCUT2D eigenvalue weighted by molar-refractivity contribution is 0.462. The van der Waals surface area contributed by atoms with E-state index in [1.54, 1.807) is 0 Å². The molecule has 0 amide bonds. The monoisotopic (exact) mass is 222 g/mol. The fourth-order valence-corrected chi connectivity index (χ4v) is 2.16. The van der Waals surface area contributed by atoms with Gasteiger partial charge in [-0.1, -0.05) is 6.42 Å². The third kappa shape index (κ3) is 2.82. The SMILES string of the molecule is CC(C)(N)CCc1nnc2n1CCCCC2. The molecule has 1 aromatic rings. The van der Waals surface area contributed by atoms with E-state index in [2.05, 4.69) is 28.6 Å². The largest absolute Gasteiger partial charge is 0.326 e. The summed E-state index contributed by atoms with van der Waals surface area (Å²) in [6, 6.07) is 0. The van der Waals surface area contributed by atoms with Gasteiger partial charge >= 0.3 is 0 Å². The molecule has 0 fully saturated rings. The quantitative estimate of drug-likeness (QED) is 0.846. The first-order valence-electron chi connectivity index (χ1n) is 6.26. The third-order valence-corrected chi connectivity index (χ3v) is 3.18. The van der Waals surface area contributed by atoms with Gasteiger partial charge in [-0.05, 0) is 33.1 Å². The summed E-state index contributed by atoms with van der Waals surface area (Å²) in [5, 5.41) is 8.59. The maximum Gasteiger partial charge on any atom is 0.133 e. The van der Waals surface area contributed by atoms with Gasteiger partial charge in [0, 0.05) is 24.9 Å². The number of hydrogen-bond acceptors (Lipinski definition) is 3. The number of nitrogens with two attached hydrogens (primary N) is 1. The van der Waals surface area contributed by atoms with Gasteiger partial charge in [0.25, 0.3) is 0 Å². The van der Waals surface area contributed by atoms with E-state index in [1.807, 2.05) is 0 Å². The molecule has 16 heavy (non-hydrogen) atoms. The molecule has 1 aromatic heterocycles. The molecule has 0 saturated heterocycles. The molecule has 0 radical (unpaired) electrons. The fraction of sp³-hybridized carbons (Fsp3) is 0.833. The Morgan fingerprint density at radius 1 is 1.25 bits per heavy atom. The summed E-state index contributed by atoms with van der Waals surface area (Å²) < 4.78 is 2.30. The lowest BCUT2D eigenvalue weighted by Gasteiger charge is -2.17. The van der Waals surface area contributed by atoms with Crippen LogP contribution in [0, 0.1) is 0 Å². The van der Waals surface area contributed by atoms with Crippen molar-refractivity contribution in [3.8, 4) is 0 Å². The predicted molar refractivity (Wildman–Crippen MR) is 64.2 cm³/mol. The number of hydrogen-bond donors (Lipinski definition) is 1. The summed E-state index contributed by atoms with van der Waals surface area (Å²) in [6.45, 7) is 5.21. The van der Waals surface area contributed by atoms with Crippen molar-refractivity contribution in [3.05, 3.63) is 11.6 Å². The normalized spacial score (nSPS) is 16.9. The van der Waals surface area contributed by atoms with Gasteiger partial charge in [0.05, 0.1) is 0 Å². The van der Waals surface area contributed by atoms with E-state index in [-0.39, 0.29) is 5.54 Å². The molecule has 0 spiro atoms. The van der Waals surface area contributed by atoms with Crippen LogP contribution < -0.4 is 5.73 Å². The van der Waals surface area contributed by atoms with Crippen molar-refractivity contribution in [2.24, 2.45) is 5.73 Å². The molecule has 2 heterocycles. The zero-order valence-corrected chi connectivity index (χ0v) is 10.4. The minimum Gasteiger partial charge on any atom is -0.326 e. The van der Waals surface area contributed by atoms with E-state index in [1.165, 1.54) is 25.1 Å². The molecule has 0 atom stereocenters. The van der Waals surface area contributed by atoms with Crippen LogP contribution in [0.15, 0.2) is 0 Å². The summed E-state index contributed by atoms with van der Waals surface area (Å²) in [5.41, 5.74) is 5.89. The maximum atomic E-state index is 6.00. The molecule has 4 heteroatoms. The van der Waals surface area contributed by atoms with Crippen LogP contribution >= 0.6 is 0 Å². The molecule has 0 saturated carbocycles. The Balaban J connectivity index is 2.07. The van der Waals surface area contributed by atoms with Crippen LogP contribution in [0.25, 0.3) is 0 Å². The summed E-state index contributed by atoms with van der Waals surface area (Å²) in [5.74, 6) is 2.29. The number of aryl methyl sites for hydroxylation is 2. The highest BCUT2D eigenvalue weighted by molar-refractivity contribution is 4.99. The maximum absolute atomic E-state index is 6.00. The van der Waals surface area contributed by atoms with Gasteiger partial charge in [-0.3, -0.25) is 0 Å². The van der Waals surface area contributed by atoms with E-state index < -0.39 is 0 Å². The molecule has 0 aliphatic carbocycles. The van der Waals surface area contributed by atoms with Crippen LogP contribution in [0.3, 0.4) is 0 Å². The highest BCUT2D eigenvalue weighted by Crippen LogP contribution is 2.16. The van der Waals surface area contributed by atoms with Crippen molar-refractivity contribution >= 4 is 0 Å². The van der Waals surface area contributed by atoms with E-state index in [4.69, 9.17) is 5.73 Å². The van der Waals surface area contributed by atoms with Crippen LogP contribution in [0.2, 0.25) is 0 Å². The zero-order chi connectivity index (χ0) is 11.6. The van der Waals surface area contributed by atoms with Crippen molar-refractivity contribution in [1.82, 2.24) is 14.8 Å². The number of aromatic nitrogens is 3. The fourth-order valence-electron chi connectivity index (χ4n) is 2.16. The second kappa shape index (κ2) is 4.53. The Labute approximate surface area is 97.2 Å². The van der Waals surface area contributed by atoms with Crippen molar-refractivity contribution in [3.63, 3.8) is 0 Å². The molecule has 90 valence electrons. The Kier molecular flexibility index (Phi) is 3.28. The van der Waals surface area contributed by atoms with Gasteiger partial charge in [-0.15, -0.1) is 10.2 Å². The van der Waals surface area contributed by atoms with Gasteiger partial charge < -0.3 is 10.3 Å². The first-order chi connectivity index (χ1) is 7.56. The van der Waals surface area contributed by atoms with Gasteiger partial charge in [-0.2, -0.15) is 0 Å². The van der Waals surface area contributed by atoms with Crippen LogP contribution in [0.4, 0.5) is 0 Å². The van der Waals surface area contributed by atoms with Crippen molar-refractivity contribution in [2.75, 3.05) is 0 Å². The average molecular weight is 222 g/mol. The minimum absolute atomic E-state index is 0.114. The van der Waals surface area contributed by atoms with Gasteiger partial charge in [0.15, 0.2) is 0 Å². The van der Waals surface area contributed by atoms with E-state index >= 15 is 0 Å². The van der Waals surface area contributed by atoms with Crippen LogP contribution in [0.1, 0.15) is 51.2 Å². The zero-order valence-electron chi connectivity index (χ0n) is 10.4. The standard InChI is InChI=1S/C12H22N4/c1-12(2,13)8-7-11-15-14-10-6-4-3-5-9-16(10)11/h3-9,13H2,1-2H3. The van der Waals surface area contributed by atoms with Crippen molar-refractivity contribution in [2.45, 2.75) is 64.5 Å². The first-order valence-corrected chi connectivity index (χ1v) is 6.26. The Hall–Kier alpha value is -0.900. The number of rotatable bonds is 3. The average Bonchev–Trinajstić information content (AvgIpc) is 2.43. The molecule has 2 rings (SSSR count). The molecule has 0 bridgehead atoms. The summed E-state index contributed by atoms with van der Waals surface area (Å²) in [6.07, 6.45) is 6.80. The van der Waals surface area contributed by atoms with Crippen molar-refractivity contribution in [1.29, 1.82) is 0 Å². The molecular formula is C12H22N4. The molecule has 4 nitrogen and oxygen atoms in total. The topological polar surface area (TPSA) is 56.7 Å². The molecule has 0 aromatic carbocycles. The van der Waals surface area contributed by atoms with Gasteiger partial charge in [0.1, 0.15) is 11.6 Å². The van der Waals surface area contributed by atoms with Crippen LogP contribution in [-0.2, 0) is 19.4 Å². The highest BCUT2D eigenvalue weighted by Gasteiger charge is 2.17. The smallest absolute Gasteiger partial charge is 0.133 e. The minimum atomic E-state index is -0.114. The van der Waals surface area contributed by atoms with E-state index in [9.17, 15) is 0 Å². The van der Waals surface area contributed by atoms with Crippen molar-refractivity contribution < 1.29 is 0 Å². The summed E-state index contributed by atoms with van der Waals surface area (Å²) in [7, 11) is 0. The number of nitrogens with zero attached hydrogens (tertiary/aromatic N) is 3. The lowest BCUT2D eigenvalue weighted by atomic mass is 10.00. The Morgan fingerprint density at radius 3 is 2.81 bits per heavy atom. The van der Waals surface area contributed by atoms with E-state index in [0.29, 0.717) is 0 Å². The second-order valence-electron chi connectivity index (χ2n) is 5.48. The van der Waals surface area contributed by atoms with E-state index in [0.717, 1.165) is 31.6 Å². The molecule has 2 N–H and O–H groups in total. The van der Waals surface area contributed by atoms with Gasteiger partial charge in [0.2, 0.25) is 0 Å². The van der Waals surface area contributed by atoms with Crippen LogP contribution in [-0.4, -0.2) is 20.3 Å². The first kappa shape index (κ1) is 11.6. The van der Waals surface area contributed by atoms with Gasteiger partial charge in [-0.25, -0.2) is 0 Å².